The molecule has 0 unspecified atom stereocenters. The van der Waals surface area contributed by atoms with E-state index in [1.165, 1.54) is 12.1 Å². The van der Waals surface area contributed by atoms with Crippen molar-refractivity contribution >= 4 is 34.2 Å². The van der Waals surface area contributed by atoms with Crippen LogP contribution in [0, 0.1) is 5.82 Å². The fourth-order valence-electron chi connectivity index (χ4n) is 2.73. The van der Waals surface area contributed by atoms with Gasteiger partial charge in [0.05, 0.1) is 19.7 Å². The maximum Gasteiger partial charge on any atom is 0.229 e. The molecular weight excluding hydrogens is 363 g/mol. The molecule has 4 rings (SSSR count). The van der Waals surface area contributed by atoms with Crippen LogP contribution in [-0.2, 0) is 0 Å². The first kappa shape index (κ1) is 17.5. The minimum Gasteiger partial charge on any atom is -0.493 e. The Morgan fingerprint density at radius 2 is 1.82 bits per heavy atom. The van der Waals surface area contributed by atoms with Crippen LogP contribution < -0.4 is 20.1 Å². The van der Waals surface area contributed by atoms with E-state index in [9.17, 15) is 4.39 Å². The summed E-state index contributed by atoms with van der Waals surface area (Å²) in [6.07, 6.45) is 1.61. The molecule has 0 aliphatic carbocycles. The Labute approximate surface area is 159 Å². The molecule has 0 bridgehead atoms. The number of fused-ring (bicyclic) bond motifs is 1. The first-order valence-corrected chi connectivity index (χ1v) is 8.39. The Balaban J connectivity index is 1.57. The number of hydrogen-bond acceptors (Lipinski definition) is 7. The fraction of sp³-hybridized carbons (Fsp3) is 0.105. The fourth-order valence-corrected chi connectivity index (χ4v) is 2.73. The predicted molar refractivity (Wildman–Crippen MR) is 104 cm³/mol. The number of nitrogens with zero attached hydrogens (tertiary/aromatic N) is 3. The highest BCUT2D eigenvalue weighted by atomic mass is 19.1. The standard InChI is InChI=1S/C19H17FN6O2/c1-27-15-6-4-12(10-16(15)28-2)22-19-21-8-7-17(24-19)23-18-13-9-11(20)3-5-14(13)25-26-18/h3-10H,1-2H3,(H3,21,22,23,24,25,26). The SMILES string of the molecule is COc1ccc(Nc2nccc(Nc3n[nH]c4ccc(F)cc34)n2)cc1OC. The number of methoxy groups -OCH3 is 2. The van der Waals surface area contributed by atoms with E-state index < -0.39 is 0 Å². The first-order valence-electron chi connectivity index (χ1n) is 8.39. The summed E-state index contributed by atoms with van der Waals surface area (Å²) in [5, 5.41) is 13.8. The van der Waals surface area contributed by atoms with Gasteiger partial charge in [0.1, 0.15) is 11.6 Å². The molecule has 2 aromatic carbocycles. The first-order chi connectivity index (χ1) is 13.7. The number of rotatable bonds is 6. The molecule has 4 aromatic rings. The third kappa shape index (κ3) is 3.50. The molecule has 142 valence electrons. The van der Waals surface area contributed by atoms with E-state index in [4.69, 9.17) is 9.47 Å². The zero-order valence-electron chi connectivity index (χ0n) is 15.2. The maximum atomic E-state index is 13.5. The van der Waals surface area contributed by atoms with E-state index in [2.05, 4.69) is 30.8 Å². The lowest BCUT2D eigenvalue weighted by molar-refractivity contribution is 0.355. The van der Waals surface area contributed by atoms with Gasteiger partial charge in [0.15, 0.2) is 17.3 Å². The average Bonchev–Trinajstić information content (AvgIpc) is 3.10. The monoisotopic (exact) mass is 380 g/mol. The summed E-state index contributed by atoms with van der Waals surface area (Å²) in [4.78, 5) is 8.63. The van der Waals surface area contributed by atoms with E-state index in [1.54, 1.807) is 44.7 Å². The van der Waals surface area contributed by atoms with E-state index in [0.717, 1.165) is 11.2 Å². The highest BCUT2D eigenvalue weighted by molar-refractivity contribution is 5.91. The Morgan fingerprint density at radius 3 is 2.64 bits per heavy atom. The summed E-state index contributed by atoms with van der Waals surface area (Å²) < 4.78 is 24.1. The smallest absolute Gasteiger partial charge is 0.229 e. The van der Waals surface area contributed by atoms with E-state index in [-0.39, 0.29) is 5.82 Å². The number of H-pyrrole nitrogens is 1. The van der Waals surface area contributed by atoms with Crippen molar-refractivity contribution in [1.82, 2.24) is 20.2 Å². The minimum absolute atomic E-state index is 0.338. The Bertz CT molecular complexity index is 1130. The molecule has 0 aliphatic rings. The van der Waals surface area contributed by atoms with Gasteiger partial charge >= 0.3 is 0 Å². The summed E-state index contributed by atoms with van der Waals surface area (Å²) >= 11 is 0. The Kier molecular flexibility index (Phi) is 4.63. The number of aromatic nitrogens is 4. The number of benzene rings is 2. The van der Waals surface area contributed by atoms with Gasteiger partial charge < -0.3 is 20.1 Å². The summed E-state index contributed by atoms with van der Waals surface area (Å²) in [5.41, 5.74) is 1.46. The molecule has 0 saturated carbocycles. The highest BCUT2D eigenvalue weighted by Gasteiger charge is 2.09. The second kappa shape index (κ2) is 7.39. The van der Waals surface area contributed by atoms with Gasteiger partial charge in [-0.2, -0.15) is 10.1 Å². The van der Waals surface area contributed by atoms with Gasteiger partial charge in [-0.15, -0.1) is 0 Å². The van der Waals surface area contributed by atoms with Crippen molar-refractivity contribution in [3.05, 3.63) is 54.5 Å². The summed E-state index contributed by atoms with van der Waals surface area (Å²) in [6.45, 7) is 0. The number of nitrogens with one attached hydrogen (secondary N) is 3. The van der Waals surface area contributed by atoms with Gasteiger partial charge in [0.25, 0.3) is 0 Å². The van der Waals surface area contributed by atoms with Crippen LogP contribution >= 0.6 is 0 Å². The summed E-state index contributed by atoms with van der Waals surface area (Å²) in [6, 6.07) is 11.5. The number of hydrogen-bond donors (Lipinski definition) is 3. The molecule has 0 radical (unpaired) electrons. The number of halogens is 1. The number of aromatic amines is 1. The van der Waals surface area contributed by atoms with Gasteiger partial charge in [-0.3, -0.25) is 5.10 Å². The zero-order valence-corrected chi connectivity index (χ0v) is 15.2. The minimum atomic E-state index is -0.338. The average molecular weight is 380 g/mol. The molecule has 0 amide bonds. The maximum absolute atomic E-state index is 13.5. The van der Waals surface area contributed by atoms with E-state index in [1.807, 2.05) is 6.07 Å². The molecule has 0 spiro atoms. The topological polar surface area (TPSA) is 97.0 Å². The van der Waals surface area contributed by atoms with Crippen molar-refractivity contribution in [3.8, 4) is 11.5 Å². The van der Waals surface area contributed by atoms with Crippen molar-refractivity contribution < 1.29 is 13.9 Å². The molecule has 0 atom stereocenters. The molecule has 2 aromatic heterocycles. The van der Waals surface area contributed by atoms with Gasteiger partial charge in [0, 0.05) is 23.3 Å². The third-order valence-corrected chi connectivity index (χ3v) is 4.07. The van der Waals surface area contributed by atoms with Gasteiger partial charge in [-0.05, 0) is 36.4 Å². The van der Waals surface area contributed by atoms with Crippen molar-refractivity contribution in [1.29, 1.82) is 0 Å². The summed E-state index contributed by atoms with van der Waals surface area (Å²) in [7, 11) is 3.15. The molecule has 28 heavy (non-hydrogen) atoms. The van der Waals surface area contributed by atoms with Gasteiger partial charge in [-0.1, -0.05) is 0 Å². The predicted octanol–water partition coefficient (Wildman–Crippen LogP) is 4.00. The third-order valence-electron chi connectivity index (χ3n) is 4.07. The van der Waals surface area contributed by atoms with Crippen LogP contribution in [-0.4, -0.2) is 34.4 Å². The molecule has 2 heterocycles. The van der Waals surface area contributed by atoms with Crippen LogP contribution in [0.4, 0.5) is 27.7 Å². The molecule has 9 heteroatoms. The van der Waals surface area contributed by atoms with Crippen LogP contribution in [0.1, 0.15) is 0 Å². The second-order valence-electron chi connectivity index (χ2n) is 5.85. The zero-order chi connectivity index (χ0) is 19.5. The lowest BCUT2D eigenvalue weighted by Gasteiger charge is -2.11. The second-order valence-corrected chi connectivity index (χ2v) is 5.85. The largest absolute Gasteiger partial charge is 0.493 e. The van der Waals surface area contributed by atoms with Crippen LogP contribution in [0.3, 0.4) is 0 Å². The Hall–Kier alpha value is -3.88. The lowest BCUT2D eigenvalue weighted by atomic mass is 10.2. The number of ether oxygens (including phenoxy) is 2. The van der Waals surface area contributed by atoms with Gasteiger partial charge in [-0.25, -0.2) is 9.37 Å². The van der Waals surface area contributed by atoms with Crippen molar-refractivity contribution in [2.75, 3.05) is 24.9 Å². The normalized spacial score (nSPS) is 10.7. The molecule has 0 aliphatic heterocycles. The summed E-state index contributed by atoms with van der Waals surface area (Å²) in [5.74, 6) is 2.24. The van der Waals surface area contributed by atoms with Crippen molar-refractivity contribution in [2.24, 2.45) is 0 Å². The Morgan fingerprint density at radius 1 is 0.964 bits per heavy atom. The van der Waals surface area contributed by atoms with Crippen LogP contribution in [0.2, 0.25) is 0 Å². The van der Waals surface area contributed by atoms with E-state index >= 15 is 0 Å². The van der Waals surface area contributed by atoms with Gasteiger partial charge in [0.2, 0.25) is 5.95 Å². The molecule has 3 N–H and O–H groups in total. The van der Waals surface area contributed by atoms with Crippen LogP contribution in [0.5, 0.6) is 11.5 Å². The highest BCUT2D eigenvalue weighted by Crippen LogP contribution is 2.31. The van der Waals surface area contributed by atoms with Crippen molar-refractivity contribution in [3.63, 3.8) is 0 Å². The molecular formula is C19H17FN6O2. The van der Waals surface area contributed by atoms with Crippen LogP contribution in [0.15, 0.2) is 48.7 Å². The van der Waals surface area contributed by atoms with Crippen molar-refractivity contribution in [2.45, 2.75) is 0 Å². The molecule has 0 saturated heterocycles. The molecule has 0 fully saturated rings. The van der Waals surface area contributed by atoms with E-state index in [0.29, 0.717) is 34.5 Å². The lowest BCUT2D eigenvalue weighted by Crippen LogP contribution is -2.01. The molecule has 8 nitrogen and oxygen atoms in total. The number of anilines is 4. The van der Waals surface area contributed by atoms with Crippen LogP contribution in [0.25, 0.3) is 10.9 Å². The quantitative estimate of drug-likeness (QED) is 0.465.